The van der Waals surface area contributed by atoms with Crippen molar-refractivity contribution in [2.24, 2.45) is 0 Å². The number of fused-ring (bicyclic) bond motifs is 1. The predicted octanol–water partition coefficient (Wildman–Crippen LogP) is 4.03. The summed E-state index contributed by atoms with van der Waals surface area (Å²) in [6.45, 7) is 0.731. The Bertz CT molecular complexity index is 659. The van der Waals surface area contributed by atoms with Gasteiger partial charge in [0.15, 0.2) is 0 Å². The molecule has 1 aliphatic heterocycles. The molecular weight excluding hydrogens is 333 g/mol. The molecule has 0 radical (unpaired) electrons. The second kappa shape index (κ2) is 6.16. The van der Waals surface area contributed by atoms with E-state index in [-0.39, 0.29) is 11.9 Å². The van der Waals surface area contributed by atoms with E-state index in [0.717, 1.165) is 40.8 Å². The van der Waals surface area contributed by atoms with Crippen LogP contribution in [0.25, 0.3) is 0 Å². The number of rotatable bonds is 4. The van der Waals surface area contributed by atoms with Gasteiger partial charge < -0.3 is 10.1 Å². The molecule has 1 N–H and O–H groups in total. The van der Waals surface area contributed by atoms with E-state index in [9.17, 15) is 4.39 Å². The van der Waals surface area contributed by atoms with Crippen LogP contribution in [-0.2, 0) is 12.8 Å². The highest BCUT2D eigenvalue weighted by atomic mass is 79.9. The standard InChI is InChI=1S/C17H17BrFNO/c1-20-16(8-11-3-2-4-14(19)7-11)15-10-13(18)9-12-5-6-21-17(12)15/h2-4,7,9-10,16,20H,5-6,8H2,1H3. The molecule has 0 saturated heterocycles. The summed E-state index contributed by atoms with van der Waals surface area (Å²) in [5.74, 6) is 0.784. The fourth-order valence-electron chi connectivity index (χ4n) is 2.82. The highest BCUT2D eigenvalue weighted by Crippen LogP contribution is 2.37. The Labute approximate surface area is 132 Å². The summed E-state index contributed by atoms with van der Waals surface area (Å²) in [7, 11) is 1.92. The van der Waals surface area contributed by atoms with Gasteiger partial charge in [-0.2, -0.15) is 0 Å². The second-order valence-corrected chi connectivity index (χ2v) is 6.17. The van der Waals surface area contributed by atoms with Gasteiger partial charge >= 0.3 is 0 Å². The van der Waals surface area contributed by atoms with Gasteiger partial charge in [0.2, 0.25) is 0 Å². The Morgan fingerprint density at radius 3 is 2.95 bits per heavy atom. The van der Waals surface area contributed by atoms with Crippen molar-refractivity contribution in [2.75, 3.05) is 13.7 Å². The normalized spacial score (nSPS) is 14.6. The predicted molar refractivity (Wildman–Crippen MR) is 85.2 cm³/mol. The van der Waals surface area contributed by atoms with E-state index in [1.807, 2.05) is 13.1 Å². The molecule has 1 atom stereocenters. The van der Waals surface area contributed by atoms with Gasteiger partial charge in [-0.3, -0.25) is 0 Å². The first-order valence-electron chi connectivity index (χ1n) is 7.04. The number of benzene rings is 2. The third kappa shape index (κ3) is 3.11. The molecule has 1 unspecified atom stereocenters. The quantitative estimate of drug-likeness (QED) is 0.899. The average molecular weight is 350 g/mol. The van der Waals surface area contributed by atoms with Crippen LogP contribution in [0.2, 0.25) is 0 Å². The van der Waals surface area contributed by atoms with Crippen LogP contribution < -0.4 is 10.1 Å². The zero-order valence-electron chi connectivity index (χ0n) is 11.8. The smallest absolute Gasteiger partial charge is 0.127 e. The summed E-state index contributed by atoms with van der Waals surface area (Å²) >= 11 is 3.57. The Morgan fingerprint density at radius 2 is 2.19 bits per heavy atom. The van der Waals surface area contributed by atoms with Gasteiger partial charge in [-0.1, -0.05) is 28.1 Å². The Balaban J connectivity index is 1.94. The lowest BCUT2D eigenvalue weighted by Crippen LogP contribution is -2.19. The summed E-state index contributed by atoms with van der Waals surface area (Å²) in [4.78, 5) is 0. The van der Waals surface area contributed by atoms with Crippen LogP contribution in [0.3, 0.4) is 0 Å². The Hall–Kier alpha value is -1.39. The van der Waals surface area contributed by atoms with Gasteiger partial charge in [0.25, 0.3) is 0 Å². The van der Waals surface area contributed by atoms with Crippen LogP contribution in [0.15, 0.2) is 40.9 Å². The number of ether oxygens (including phenoxy) is 1. The van der Waals surface area contributed by atoms with Crippen LogP contribution in [0.1, 0.15) is 22.7 Å². The molecule has 110 valence electrons. The minimum atomic E-state index is -0.196. The zero-order valence-corrected chi connectivity index (χ0v) is 13.4. The third-order valence-electron chi connectivity index (χ3n) is 3.83. The topological polar surface area (TPSA) is 21.3 Å². The largest absolute Gasteiger partial charge is 0.493 e. The van der Waals surface area contributed by atoms with Crippen molar-refractivity contribution in [3.05, 3.63) is 63.4 Å². The summed E-state index contributed by atoms with van der Waals surface area (Å²) in [6, 6.07) is 11.1. The lowest BCUT2D eigenvalue weighted by atomic mass is 9.96. The van der Waals surface area contributed by atoms with Crippen molar-refractivity contribution in [1.82, 2.24) is 5.32 Å². The molecule has 2 aromatic rings. The van der Waals surface area contributed by atoms with Crippen LogP contribution in [-0.4, -0.2) is 13.7 Å². The molecule has 1 heterocycles. The first kappa shape index (κ1) is 14.5. The maximum atomic E-state index is 13.4. The molecule has 4 heteroatoms. The minimum Gasteiger partial charge on any atom is -0.493 e. The molecule has 0 fully saturated rings. The fraction of sp³-hybridized carbons (Fsp3) is 0.294. The molecule has 2 nitrogen and oxygen atoms in total. The molecule has 0 amide bonds. The van der Waals surface area contributed by atoms with Crippen molar-refractivity contribution in [1.29, 1.82) is 0 Å². The van der Waals surface area contributed by atoms with E-state index < -0.39 is 0 Å². The van der Waals surface area contributed by atoms with Crippen LogP contribution in [0.4, 0.5) is 4.39 Å². The summed E-state index contributed by atoms with van der Waals surface area (Å²) < 4.78 is 20.2. The number of hydrogen-bond acceptors (Lipinski definition) is 2. The highest BCUT2D eigenvalue weighted by Gasteiger charge is 2.22. The lowest BCUT2D eigenvalue weighted by molar-refractivity contribution is 0.349. The van der Waals surface area contributed by atoms with Gasteiger partial charge in [-0.25, -0.2) is 4.39 Å². The first-order chi connectivity index (χ1) is 10.2. The zero-order chi connectivity index (χ0) is 14.8. The van der Waals surface area contributed by atoms with Crippen LogP contribution in [0.5, 0.6) is 5.75 Å². The van der Waals surface area contributed by atoms with Crippen LogP contribution in [0, 0.1) is 5.82 Å². The molecule has 21 heavy (non-hydrogen) atoms. The highest BCUT2D eigenvalue weighted by molar-refractivity contribution is 9.10. The first-order valence-corrected chi connectivity index (χ1v) is 7.83. The van der Waals surface area contributed by atoms with Crippen LogP contribution >= 0.6 is 15.9 Å². The van der Waals surface area contributed by atoms with E-state index >= 15 is 0 Å². The minimum absolute atomic E-state index is 0.0937. The third-order valence-corrected chi connectivity index (χ3v) is 4.29. The number of nitrogens with one attached hydrogen (secondary N) is 1. The monoisotopic (exact) mass is 349 g/mol. The lowest BCUT2D eigenvalue weighted by Gasteiger charge is -2.20. The van der Waals surface area contributed by atoms with E-state index in [4.69, 9.17) is 4.74 Å². The second-order valence-electron chi connectivity index (χ2n) is 5.26. The molecule has 0 saturated carbocycles. The van der Waals surface area contributed by atoms with E-state index in [2.05, 4.69) is 33.4 Å². The summed E-state index contributed by atoms with van der Waals surface area (Å²) in [5.41, 5.74) is 3.34. The van der Waals surface area contributed by atoms with Gasteiger partial charge in [0.1, 0.15) is 11.6 Å². The maximum Gasteiger partial charge on any atom is 0.127 e. The van der Waals surface area contributed by atoms with Gasteiger partial charge in [0.05, 0.1) is 6.61 Å². The van der Waals surface area contributed by atoms with Crippen molar-refractivity contribution >= 4 is 15.9 Å². The number of likely N-dealkylation sites (N-methyl/N-ethyl adjacent to an activating group) is 1. The SMILES string of the molecule is CNC(Cc1cccc(F)c1)c1cc(Br)cc2c1OCC2. The van der Waals surface area contributed by atoms with Crippen molar-refractivity contribution < 1.29 is 9.13 Å². The molecule has 0 spiro atoms. The van der Waals surface area contributed by atoms with Gasteiger partial charge in [-0.05, 0) is 48.9 Å². The molecule has 0 bridgehead atoms. The van der Waals surface area contributed by atoms with E-state index in [0.29, 0.717) is 0 Å². The van der Waals surface area contributed by atoms with Gasteiger partial charge in [0, 0.05) is 22.5 Å². The van der Waals surface area contributed by atoms with Crippen molar-refractivity contribution in [2.45, 2.75) is 18.9 Å². The Kier molecular flexibility index (Phi) is 4.27. The molecule has 1 aliphatic rings. The molecule has 3 rings (SSSR count). The molecule has 0 aliphatic carbocycles. The maximum absolute atomic E-state index is 13.4. The number of halogens is 2. The molecular formula is C17H17BrFNO. The fourth-order valence-corrected chi connectivity index (χ4v) is 3.35. The number of hydrogen-bond donors (Lipinski definition) is 1. The average Bonchev–Trinajstić information content (AvgIpc) is 2.92. The van der Waals surface area contributed by atoms with E-state index in [1.54, 1.807) is 12.1 Å². The van der Waals surface area contributed by atoms with Gasteiger partial charge in [-0.15, -0.1) is 0 Å². The van der Waals surface area contributed by atoms with Crippen molar-refractivity contribution in [3.63, 3.8) is 0 Å². The molecule has 2 aromatic carbocycles. The summed E-state index contributed by atoms with van der Waals surface area (Å²) in [5, 5.41) is 3.32. The van der Waals surface area contributed by atoms with Crippen molar-refractivity contribution in [3.8, 4) is 5.75 Å². The molecule has 0 aromatic heterocycles. The Morgan fingerprint density at radius 1 is 1.33 bits per heavy atom. The van der Waals surface area contributed by atoms with E-state index in [1.165, 1.54) is 11.6 Å². The summed E-state index contributed by atoms with van der Waals surface area (Å²) in [6.07, 6.45) is 1.67.